The number of hydrogen-bond donors (Lipinski definition) is 0. The number of fused-ring (bicyclic) bond motifs is 1. The zero-order chi connectivity index (χ0) is 18.4. The summed E-state index contributed by atoms with van der Waals surface area (Å²) in [7, 11) is 0. The van der Waals surface area contributed by atoms with Gasteiger partial charge in [-0.1, -0.05) is 49.4 Å². The van der Waals surface area contributed by atoms with Crippen LogP contribution in [0.5, 0.6) is 0 Å². The van der Waals surface area contributed by atoms with Gasteiger partial charge < -0.3 is 4.90 Å². The fraction of sp³-hybridized carbons (Fsp3) is 0.190. The molecule has 1 aliphatic heterocycles. The highest BCUT2D eigenvalue weighted by atomic mass is 19.1. The Morgan fingerprint density at radius 3 is 2.48 bits per heavy atom. The number of anilines is 1. The molecule has 0 amide bonds. The smallest absolute Gasteiger partial charge is 0.188 e. The van der Waals surface area contributed by atoms with Crippen LogP contribution in [-0.4, -0.2) is 26.4 Å². The van der Waals surface area contributed by atoms with Gasteiger partial charge in [-0.2, -0.15) is 4.52 Å². The highest BCUT2D eigenvalue weighted by Gasteiger charge is 2.37. The van der Waals surface area contributed by atoms with Crippen molar-refractivity contribution in [2.75, 3.05) is 11.4 Å². The molecule has 1 aliphatic rings. The SMILES string of the molecule is CC1CN(c2ccc3nnc(-c4ccccc4F)n3n2)C1c1ccccc1. The maximum absolute atomic E-state index is 14.2. The minimum atomic E-state index is -0.335. The van der Waals surface area contributed by atoms with Gasteiger partial charge in [0.15, 0.2) is 11.5 Å². The molecular formula is C21H18FN5. The fourth-order valence-electron chi connectivity index (χ4n) is 3.83. The van der Waals surface area contributed by atoms with Gasteiger partial charge in [0.25, 0.3) is 0 Å². The van der Waals surface area contributed by atoms with E-state index in [9.17, 15) is 4.39 Å². The minimum absolute atomic E-state index is 0.282. The van der Waals surface area contributed by atoms with Gasteiger partial charge in [0, 0.05) is 6.54 Å². The van der Waals surface area contributed by atoms with E-state index in [1.54, 1.807) is 22.7 Å². The molecule has 0 spiro atoms. The van der Waals surface area contributed by atoms with Crippen molar-refractivity contribution >= 4 is 11.5 Å². The standard InChI is InChI=1S/C21H18FN5/c1-14-13-26(20(14)15-7-3-2-4-8-15)19-12-11-18-23-24-21(27(18)25-19)16-9-5-6-10-17(16)22/h2-12,14,20H,13H2,1H3. The Morgan fingerprint density at radius 2 is 1.70 bits per heavy atom. The van der Waals surface area contributed by atoms with Gasteiger partial charge in [0.05, 0.1) is 11.6 Å². The average Bonchev–Trinajstić information content (AvgIpc) is 3.10. The van der Waals surface area contributed by atoms with E-state index in [1.807, 2.05) is 18.2 Å². The molecule has 1 fully saturated rings. The lowest BCUT2D eigenvalue weighted by Gasteiger charge is -2.47. The van der Waals surface area contributed by atoms with Crippen LogP contribution in [0.25, 0.3) is 17.0 Å². The molecule has 0 aliphatic carbocycles. The normalized spacial score (nSPS) is 19.3. The van der Waals surface area contributed by atoms with Crippen molar-refractivity contribution in [3.63, 3.8) is 0 Å². The second-order valence-electron chi connectivity index (χ2n) is 6.95. The van der Waals surface area contributed by atoms with Crippen LogP contribution in [0.4, 0.5) is 10.2 Å². The zero-order valence-electron chi connectivity index (χ0n) is 14.8. The molecule has 4 aromatic rings. The number of aromatic nitrogens is 4. The van der Waals surface area contributed by atoms with Gasteiger partial charge in [-0.15, -0.1) is 15.3 Å². The van der Waals surface area contributed by atoms with Gasteiger partial charge in [-0.3, -0.25) is 0 Å². The molecule has 27 heavy (non-hydrogen) atoms. The predicted molar refractivity (Wildman–Crippen MR) is 102 cm³/mol. The van der Waals surface area contributed by atoms with E-state index in [2.05, 4.69) is 46.3 Å². The molecule has 2 aromatic heterocycles. The van der Waals surface area contributed by atoms with Crippen molar-refractivity contribution in [3.05, 3.63) is 78.1 Å². The first-order valence-electron chi connectivity index (χ1n) is 9.01. The maximum atomic E-state index is 14.2. The van der Waals surface area contributed by atoms with Crippen molar-refractivity contribution in [2.45, 2.75) is 13.0 Å². The number of benzene rings is 2. The summed E-state index contributed by atoms with van der Waals surface area (Å²) >= 11 is 0. The van der Waals surface area contributed by atoms with Crippen LogP contribution in [0.1, 0.15) is 18.5 Å². The average molecular weight is 359 g/mol. The topological polar surface area (TPSA) is 46.3 Å². The summed E-state index contributed by atoms with van der Waals surface area (Å²) in [6.45, 7) is 3.17. The summed E-state index contributed by atoms with van der Waals surface area (Å²) in [4.78, 5) is 2.27. The molecule has 2 atom stereocenters. The van der Waals surface area contributed by atoms with E-state index in [1.165, 1.54) is 11.6 Å². The maximum Gasteiger partial charge on any atom is 0.188 e. The summed E-state index contributed by atoms with van der Waals surface area (Å²) in [5.41, 5.74) is 2.27. The monoisotopic (exact) mass is 359 g/mol. The molecule has 0 N–H and O–H groups in total. The van der Waals surface area contributed by atoms with Crippen LogP contribution >= 0.6 is 0 Å². The van der Waals surface area contributed by atoms with E-state index < -0.39 is 0 Å². The van der Waals surface area contributed by atoms with Crippen molar-refractivity contribution in [1.82, 2.24) is 19.8 Å². The van der Waals surface area contributed by atoms with Gasteiger partial charge in [-0.05, 0) is 35.7 Å². The van der Waals surface area contributed by atoms with E-state index >= 15 is 0 Å². The van der Waals surface area contributed by atoms with Crippen molar-refractivity contribution < 1.29 is 4.39 Å². The van der Waals surface area contributed by atoms with Gasteiger partial charge >= 0.3 is 0 Å². The zero-order valence-corrected chi connectivity index (χ0v) is 14.8. The Hall–Kier alpha value is -3.28. The lowest BCUT2D eigenvalue weighted by atomic mass is 9.85. The number of hydrogen-bond acceptors (Lipinski definition) is 4. The first kappa shape index (κ1) is 15.9. The van der Waals surface area contributed by atoms with Crippen LogP contribution in [0.2, 0.25) is 0 Å². The molecule has 134 valence electrons. The number of rotatable bonds is 3. The Balaban J connectivity index is 1.57. The highest BCUT2D eigenvalue weighted by molar-refractivity contribution is 5.60. The molecule has 1 saturated heterocycles. The summed E-state index contributed by atoms with van der Waals surface area (Å²) in [6.07, 6.45) is 0. The Labute approximate surface area is 156 Å². The Bertz CT molecular complexity index is 1110. The quantitative estimate of drug-likeness (QED) is 0.552. The molecule has 2 unspecified atom stereocenters. The number of halogens is 1. The van der Waals surface area contributed by atoms with Crippen molar-refractivity contribution in [1.29, 1.82) is 0 Å². The fourth-order valence-corrected chi connectivity index (χ4v) is 3.83. The van der Waals surface area contributed by atoms with Crippen LogP contribution in [-0.2, 0) is 0 Å². The molecule has 5 rings (SSSR count). The second kappa shape index (κ2) is 6.16. The molecule has 6 heteroatoms. The minimum Gasteiger partial charge on any atom is -0.347 e. The molecule has 0 saturated carbocycles. The van der Waals surface area contributed by atoms with E-state index in [4.69, 9.17) is 5.10 Å². The summed E-state index contributed by atoms with van der Waals surface area (Å²) < 4.78 is 15.9. The first-order valence-corrected chi connectivity index (χ1v) is 9.01. The van der Waals surface area contributed by atoms with Gasteiger partial charge in [0.1, 0.15) is 11.6 Å². The van der Waals surface area contributed by atoms with Gasteiger partial charge in [0.2, 0.25) is 0 Å². The highest BCUT2D eigenvalue weighted by Crippen LogP contribution is 2.41. The molecule has 0 bridgehead atoms. The van der Waals surface area contributed by atoms with Crippen molar-refractivity contribution in [2.24, 2.45) is 5.92 Å². The molecular weight excluding hydrogens is 341 g/mol. The molecule has 3 heterocycles. The lowest BCUT2D eigenvalue weighted by molar-refractivity contribution is 0.321. The second-order valence-corrected chi connectivity index (χ2v) is 6.95. The van der Waals surface area contributed by atoms with Gasteiger partial charge in [-0.25, -0.2) is 4.39 Å². The van der Waals surface area contributed by atoms with Crippen LogP contribution in [0, 0.1) is 11.7 Å². The third kappa shape index (κ3) is 2.56. The van der Waals surface area contributed by atoms with E-state index in [0.29, 0.717) is 23.0 Å². The van der Waals surface area contributed by atoms with E-state index in [-0.39, 0.29) is 11.9 Å². The largest absolute Gasteiger partial charge is 0.347 e. The first-order chi connectivity index (χ1) is 13.2. The summed E-state index contributed by atoms with van der Waals surface area (Å²) in [5.74, 6) is 1.46. The van der Waals surface area contributed by atoms with Crippen LogP contribution in [0.15, 0.2) is 66.7 Å². The van der Waals surface area contributed by atoms with Crippen molar-refractivity contribution in [3.8, 4) is 11.4 Å². The number of nitrogens with zero attached hydrogens (tertiary/aromatic N) is 5. The van der Waals surface area contributed by atoms with E-state index in [0.717, 1.165) is 12.4 Å². The molecule has 2 aromatic carbocycles. The van der Waals surface area contributed by atoms with Crippen LogP contribution in [0.3, 0.4) is 0 Å². The third-order valence-electron chi connectivity index (χ3n) is 5.16. The molecule has 5 nitrogen and oxygen atoms in total. The Morgan fingerprint density at radius 1 is 0.926 bits per heavy atom. The predicted octanol–water partition coefficient (Wildman–Crippen LogP) is 4.13. The summed E-state index contributed by atoms with van der Waals surface area (Å²) in [5, 5.41) is 13.0. The third-order valence-corrected chi connectivity index (χ3v) is 5.16. The Kier molecular flexibility index (Phi) is 3.63. The lowest BCUT2D eigenvalue weighted by Crippen LogP contribution is -2.49. The summed E-state index contributed by atoms with van der Waals surface area (Å²) in [6, 6.07) is 21.1. The molecule has 0 radical (unpaired) electrons. The van der Waals surface area contributed by atoms with Crippen LogP contribution < -0.4 is 4.90 Å².